The summed E-state index contributed by atoms with van der Waals surface area (Å²) < 4.78 is 1.89. The molecule has 3 rings (SSSR count). The summed E-state index contributed by atoms with van der Waals surface area (Å²) in [4.78, 5) is 0. The topological polar surface area (TPSA) is 43.8 Å². The highest BCUT2D eigenvalue weighted by Gasteiger charge is 2.41. The summed E-state index contributed by atoms with van der Waals surface area (Å²) in [5.41, 5.74) is 11.1. The van der Waals surface area contributed by atoms with Gasteiger partial charge in [0.2, 0.25) is 0 Å². The van der Waals surface area contributed by atoms with Crippen molar-refractivity contribution in [3.8, 4) is 5.69 Å². The van der Waals surface area contributed by atoms with Crippen molar-refractivity contribution in [2.75, 3.05) is 5.73 Å². The van der Waals surface area contributed by atoms with Crippen molar-refractivity contribution in [3.05, 3.63) is 41.1 Å². The van der Waals surface area contributed by atoms with Gasteiger partial charge in [-0.1, -0.05) is 25.1 Å². The van der Waals surface area contributed by atoms with E-state index in [0.717, 1.165) is 17.2 Å². The molecule has 2 N–H and O–H groups in total. The van der Waals surface area contributed by atoms with E-state index in [1.807, 2.05) is 10.7 Å². The summed E-state index contributed by atoms with van der Waals surface area (Å²) in [6, 6.07) is 8.29. The van der Waals surface area contributed by atoms with E-state index in [-0.39, 0.29) is 5.41 Å². The van der Waals surface area contributed by atoms with E-state index < -0.39 is 0 Å². The molecule has 1 saturated carbocycles. The number of nitrogens with two attached hydrogens (primary N) is 1. The summed E-state index contributed by atoms with van der Waals surface area (Å²) in [6.45, 7) is 6.45. The Hall–Kier alpha value is -1.77. The molecule has 1 aliphatic carbocycles. The Morgan fingerprint density at radius 2 is 1.83 bits per heavy atom. The average Bonchev–Trinajstić information content (AvgIpc) is 2.94. The number of aromatic nitrogens is 2. The lowest BCUT2D eigenvalue weighted by atomic mass is 10.1. The third-order valence-corrected chi connectivity index (χ3v) is 4.01. The number of nitrogens with zero attached hydrogens (tertiary/aromatic N) is 2. The third-order valence-electron chi connectivity index (χ3n) is 4.01. The fourth-order valence-corrected chi connectivity index (χ4v) is 2.45. The van der Waals surface area contributed by atoms with Crippen molar-refractivity contribution < 1.29 is 0 Å². The van der Waals surface area contributed by atoms with Gasteiger partial charge in [-0.3, -0.25) is 0 Å². The van der Waals surface area contributed by atoms with Crippen molar-refractivity contribution in [1.82, 2.24) is 9.78 Å². The van der Waals surface area contributed by atoms with E-state index in [1.54, 1.807) is 0 Å². The van der Waals surface area contributed by atoms with Gasteiger partial charge in [0.05, 0.1) is 11.4 Å². The van der Waals surface area contributed by atoms with Crippen LogP contribution >= 0.6 is 0 Å². The number of hydrogen-bond donors (Lipinski definition) is 1. The Morgan fingerprint density at radius 3 is 2.39 bits per heavy atom. The van der Waals surface area contributed by atoms with Crippen LogP contribution in [0.2, 0.25) is 0 Å². The van der Waals surface area contributed by atoms with Gasteiger partial charge >= 0.3 is 0 Å². The molecule has 1 heterocycles. The van der Waals surface area contributed by atoms with Crippen LogP contribution in [-0.2, 0) is 5.41 Å². The molecular weight excluding hydrogens is 222 g/mol. The van der Waals surface area contributed by atoms with Gasteiger partial charge in [0.25, 0.3) is 0 Å². The molecule has 3 nitrogen and oxygen atoms in total. The van der Waals surface area contributed by atoms with Gasteiger partial charge in [-0.25, -0.2) is 4.68 Å². The van der Waals surface area contributed by atoms with Gasteiger partial charge in [0, 0.05) is 11.5 Å². The molecule has 0 atom stereocenters. The van der Waals surface area contributed by atoms with E-state index in [0.29, 0.717) is 0 Å². The summed E-state index contributed by atoms with van der Waals surface area (Å²) in [5.74, 6) is 0.732. The predicted molar refractivity (Wildman–Crippen MR) is 74.0 cm³/mol. The Labute approximate surface area is 108 Å². The third kappa shape index (κ3) is 1.62. The second-order valence-electron chi connectivity index (χ2n) is 5.67. The molecule has 94 valence electrons. The normalized spacial score (nSPS) is 16.8. The highest BCUT2D eigenvalue weighted by molar-refractivity contribution is 5.52. The number of anilines is 1. The van der Waals surface area contributed by atoms with Crippen molar-refractivity contribution in [3.63, 3.8) is 0 Å². The second-order valence-corrected chi connectivity index (χ2v) is 5.67. The molecule has 1 aliphatic rings. The molecule has 18 heavy (non-hydrogen) atoms. The summed E-state index contributed by atoms with van der Waals surface area (Å²) in [6.07, 6.45) is 2.44. The molecule has 1 aromatic heterocycles. The van der Waals surface area contributed by atoms with E-state index >= 15 is 0 Å². The van der Waals surface area contributed by atoms with Gasteiger partial charge in [-0.2, -0.15) is 5.10 Å². The van der Waals surface area contributed by atoms with Crippen molar-refractivity contribution in [2.45, 2.75) is 39.0 Å². The molecule has 3 heteroatoms. The van der Waals surface area contributed by atoms with Gasteiger partial charge in [-0.15, -0.1) is 0 Å². The minimum Gasteiger partial charge on any atom is -0.384 e. The molecule has 0 spiro atoms. The highest BCUT2D eigenvalue weighted by Crippen LogP contribution is 2.47. The first-order chi connectivity index (χ1) is 8.51. The van der Waals surface area contributed by atoms with Gasteiger partial charge in [0.15, 0.2) is 0 Å². The SMILES string of the molecule is Cc1cccc(C)c1-n1nc(C2(C)CC2)cc1N. The molecule has 0 unspecified atom stereocenters. The van der Waals surface area contributed by atoms with Crippen LogP contribution in [0.25, 0.3) is 5.69 Å². The maximum absolute atomic E-state index is 6.14. The number of para-hydroxylation sites is 1. The quantitative estimate of drug-likeness (QED) is 0.878. The molecular formula is C15H19N3. The van der Waals surface area contributed by atoms with E-state index in [2.05, 4.69) is 39.0 Å². The second kappa shape index (κ2) is 3.61. The maximum atomic E-state index is 6.14. The molecule has 0 saturated heterocycles. The lowest BCUT2D eigenvalue weighted by molar-refractivity contribution is 0.716. The Morgan fingerprint density at radius 1 is 1.22 bits per heavy atom. The molecule has 0 amide bonds. The zero-order valence-corrected chi connectivity index (χ0v) is 11.2. The summed E-state index contributed by atoms with van der Waals surface area (Å²) in [7, 11) is 0. The number of aryl methyl sites for hydroxylation is 2. The Kier molecular flexibility index (Phi) is 2.27. The highest BCUT2D eigenvalue weighted by atomic mass is 15.3. The van der Waals surface area contributed by atoms with Crippen LogP contribution in [0.5, 0.6) is 0 Å². The first-order valence-electron chi connectivity index (χ1n) is 6.44. The van der Waals surface area contributed by atoms with Gasteiger partial charge in [0.1, 0.15) is 5.82 Å². The molecule has 0 radical (unpaired) electrons. The Balaban J connectivity index is 2.15. The van der Waals surface area contributed by atoms with E-state index in [1.165, 1.54) is 24.0 Å². The van der Waals surface area contributed by atoms with E-state index in [4.69, 9.17) is 10.8 Å². The molecule has 1 aromatic carbocycles. The van der Waals surface area contributed by atoms with E-state index in [9.17, 15) is 0 Å². The van der Waals surface area contributed by atoms with Crippen molar-refractivity contribution >= 4 is 5.82 Å². The number of rotatable bonds is 2. The van der Waals surface area contributed by atoms with Crippen LogP contribution in [0.4, 0.5) is 5.82 Å². The largest absolute Gasteiger partial charge is 0.384 e. The standard InChI is InChI=1S/C15H19N3/c1-10-5-4-6-11(2)14(10)18-13(16)9-12(17-18)15(3)7-8-15/h4-6,9H,7-8,16H2,1-3H3. The van der Waals surface area contributed by atoms with Crippen LogP contribution < -0.4 is 5.73 Å². The zero-order valence-electron chi connectivity index (χ0n) is 11.2. The molecule has 0 bridgehead atoms. The molecule has 1 fully saturated rings. The molecule has 0 aliphatic heterocycles. The van der Waals surface area contributed by atoms with Gasteiger partial charge < -0.3 is 5.73 Å². The van der Waals surface area contributed by atoms with Crippen LogP contribution in [0.1, 0.15) is 36.6 Å². The number of benzene rings is 1. The summed E-state index contributed by atoms with van der Waals surface area (Å²) >= 11 is 0. The number of nitrogen functional groups attached to an aromatic ring is 1. The van der Waals surface area contributed by atoms with Crippen LogP contribution in [0, 0.1) is 13.8 Å². The smallest absolute Gasteiger partial charge is 0.127 e. The minimum atomic E-state index is 0.260. The first-order valence-corrected chi connectivity index (χ1v) is 6.44. The first kappa shape index (κ1) is 11.3. The average molecular weight is 241 g/mol. The van der Waals surface area contributed by atoms with Crippen LogP contribution in [-0.4, -0.2) is 9.78 Å². The van der Waals surface area contributed by atoms with Crippen molar-refractivity contribution in [2.24, 2.45) is 0 Å². The minimum absolute atomic E-state index is 0.260. The molecule has 2 aromatic rings. The maximum Gasteiger partial charge on any atom is 0.127 e. The zero-order chi connectivity index (χ0) is 12.9. The van der Waals surface area contributed by atoms with Gasteiger partial charge in [-0.05, 0) is 37.8 Å². The lowest BCUT2D eigenvalue weighted by Gasteiger charge is -2.11. The Bertz CT molecular complexity index is 586. The summed E-state index contributed by atoms with van der Waals surface area (Å²) in [5, 5.41) is 4.73. The fourth-order valence-electron chi connectivity index (χ4n) is 2.45. The van der Waals surface area contributed by atoms with Crippen LogP contribution in [0.3, 0.4) is 0 Å². The van der Waals surface area contributed by atoms with Crippen LogP contribution in [0.15, 0.2) is 24.3 Å². The fraction of sp³-hybridized carbons (Fsp3) is 0.400. The monoisotopic (exact) mass is 241 g/mol. The number of hydrogen-bond acceptors (Lipinski definition) is 2. The predicted octanol–water partition coefficient (Wildman–Crippen LogP) is 3.12. The van der Waals surface area contributed by atoms with Crippen molar-refractivity contribution in [1.29, 1.82) is 0 Å². The lowest BCUT2D eigenvalue weighted by Crippen LogP contribution is -2.07.